The second-order valence-electron chi connectivity index (χ2n) is 8.47. The third-order valence-corrected chi connectivity index (χ3v) is 10.0. The van der Waals surface area contributed by atoms with Crippen LogP contribution < -0.4 is 0 Å². The van der Waals surface area contributed by atoms with Crippen LogP contribution in [0.1, 0.15) is 0 Å². The van der Waals surface area contributed by atoms with Crippen molar-refractivity contribution in [2.45, 2.75) is 24.5 Å². The fourth-order valence-electron chi connectivity index (χ4n) is 4.34. The number of halogens is 2. The van der Waals surface area contributed by atoms with Crippen LogP contribution in [0, 0.1) is 0 Å². The van der Waals surface area contributed by atoms with Crippen LogP contribution >= 0.6 is 35.0 Å². The zero-order valence-electron chi connectivity index (χ0n) is 19.2. The predicted octanol–water partition coefficient (Wildman–Crippen LogP) is 10.5. The molecule has 6 aromatic rings. The number of fused-ring (bicyclic) bond motifs is 2. The Balaban J connectivity index is 1.51. The average Bonchev–Trinajstić information content (AvgIpc) is 2.91. The first kappa shape index (κ1) is 23.5. The molecule has 0 fully saturated rings. The van der Waals surface area contributed by atoms with E-state index in [4.69, 9.17) is 23.2 Å². The summed E-state index contributed by atoms with van der Waals surface area (Å²) >= 11 is 14.7. The van der Waals surface area contributed by atoms with Gasteiger partial charge >= 0.3 is 0 Å². The van der Waals surface area contributed by atoms with Gasteiger partial charge in [-0.2, -0.15) is 0 Å². The van der Waals surface area contributed by atoms with Gasteiger partial charge in [0, 0.05) is 27.1 Å². The Bertz CT molecular complexity index is 1690. The molecule has 1 unspecified atom stereocenters. The van der Waals surface area contributed by atoms with Crippen molar-refractivity contribution >= 4 is 67.4 Å². The molecule has 0 aromatic heterocycles. The molecule has 0 radical (unpaired) electrons. The highest BCUT2D eigenvalue weighted by atomic mass is 35.5. The summed E-state index contributed by atoms with van der Waals surface area (Å²) in [5, 5.41) is 6.42. The summed E-state index contributed by atoms with van der Waals surface area (Å²) in [4.78, 5) is 6.06. The molecule has 0 amide bonds. The van der Waals surface area contributed by atoms with E-state index in [-0.39, 0.29) is 10.9 Å². The highest BCUT2D eigenvalue weighted by Crippen LogP contribution is 2.42. The fourth-order valence-corrected chi connectivity index (χ4v) is 8.10. The van der Waals surface area contributed by atoms with Gasteiger partial charge in [-0.1, -0.05) is 89.6 Å². The summed E-state index contributed by atoms with van der Waals surface area (Å²) in [6.45, 7) is 0. The normalized spacial score (nSPS) is 12.2. The van der Waals surface area contributed by atoms with Gasteiger partial charge < -0.3 is 0 Å². The molecule has 4 heteroatoms. The van der Waals surface area contributed by atoms with Gasteiger partial charge in [-0.25, -0.2) is 0 Å². The Hall–Kier alpha value is -2.88. The zero-order valence-corrected chi connectivity index (χ0v) is 22.3. The SMILES string of the molecule is Clc1ccc([S+](c2ccc3ccccc3c2)c2cc(Cl)ccc2Sc2ccc3ccccc3c2)cc1. The van der Waals surface area contributed by atoms with Gasteiger partial charge in [0.05, 0.1) is 4.90 Å². The van der Waals surface area contributed by atoms with Crippen molar-refractivity contribution in [3.8, 4) is 0 Å². The average molecular weight is 541 g/mol. The lowest BCUT2D eigenvalue weighted by atomic mass is 10.1. The minimum absolute atomic E-state index is 0.365. The van der Waals surface area contributed by atoms with Crippen molar-refractivity contribution in [2.24, 2.45) is 0 Å². The van der Waals surface area contributed by atoms with Crippen LogP contribution in [0.3, 0.4) is 0 Å². The third-order valence-electron chi connectivity index (χ3n) is 6.08. The summed E-state index contributed by atoms with van der Waals surface area (Å²) in [5.74, 6) is 0. The topological polar surface area (TPSA) is 0 Å². The van der Waals surface area contributed by atoms with Crippen molar-refractivity contribution in [2.75, 3.05) is 0 Å². The molecule has 0 saturated carbocycles. The van der Waals surface area contributed by atoms with Gasteiger partial charge in [0.1, 0.15) is 10.9 Å². The molecule has 0 heterocycles. The van der Waals surface area contributed by atoms with Crippen LogP contribution in [0.5, 0.6) is 0 Å². The number of hydrogen-bond acceptors (Lipinski definition) is 1. The molecule has 0 saturated heterocycles. The molecule has 0 aliphatic heterocycles. The molecule has 0 bridgehead atoms. The molecule has 0 spiro atoms. The molecule has 0 nitrogen and oxygen atoms in total. The standard InChI is InChI=1S/C32H21Cl2S2/c33-26-11-16-29(17-12-26)36(30-15-10-23-6-2-4-8-25(23)20-30)32-21-27(34)13-18-31(32)35-28-14-9-22-5-1-3-7-24(22)19-28/h1-21H/q+1. The van der Waals surface area contributed by atoms with Crippen molar-refractivity contribution in [1.82, 2.24) is 0 Å². The minimum atomic E-state index is -0.365. The predicted molar refractivity (Wildman–Crippen MR) is 157 cm³/mol. The van der Waals surface area contributed by atoms with Crippen LogP contribution in [-0.2, 0) is 10.9 Å². The largest absolute Gasteiger partial charge is 0.181 e. The second-order valence-corrected chi connectivity index (χ2v) is 12.5. The van der Waals surface area contributed by atoms with E-state index in [0.29, 0.717) is 0 Å². The first-order valence-corrected chi connectivity index (χ1v) is 14.4. The molecule has 174 valence electrons. The van der Waals surface area contributed by atoms with E-state index in [9.17, 15) is 0 Å². The highest BCUT2D eigenvalue weighted by Gasteiger charge is 2.32. The van der Waals surface area contributed by atoms with Crippen LogP contribution in [0.4, 0.5) is 0 Å². The maximum atomic E-state index is 6.61. The molecule has 0 aliphatic carbocycles. The van der Waals surface area contributed by atoms with Gasteiger partial charge in [0.25, 0.3) is 0 Å². The van der Waals surface area contributed by atoms with Crippen LogP contribution in [0.15, 0.2) is 152 Å². The third kappa shape index (κ3) is 4.87. The first-order chi connectivity index (χ1) is 17.6. The molecular formula is C32H21Cl2S2+. The summed E-state index contributed by atoms with van der Waals surface area (Å²) in [7, 11) is -0.365. The Kier molecular flexibility index (Phi) is 6.69. The van der Waals surface area contributed by atoms with E-state index in [1.165, 1.54) is 46.0 Å². The maximum Gasteiger partial charge on any atom is 0.181 e. The Morgan fingerprint density at radius 2 is 1.06 bits per heavy atom. The lowest BCUT2D eigenvalue weighted by Crippen LogP contribution is -2.06. The zero-order chi connectivity index (χ0) is 24.5. The van der Waals surface area contributed by atoms with Gasteiger partial charge in [0.2, 0.25) is 0 Å². The monoisotopic (exact) mass is 539 g/mol. The van der Waals surface area contributed by atoms with E-state index >= 15 is 0 Å². The quantitative estimate of drug-likeness (QED) is 0.196. The van der Waals surface area contributed by atoms with E-state index < -0.39 is 0 Å². The molecule has 0 aliphatic rings. The van der Waals surface area contributed by atoms with Crippen molar-refractivity contribution in [3.63, 3.8) is 0 Å². The summed E-state index contributed by atoms with van der Waals surface area (Å²) in [6.07, 6.45) is 0. The van der Waals surface area contributed by atoms with Gasteiger partial charge in [-0.15, -0.1) is 0 Å². The van der Waals surface area contributed by atoms with Crippen molar-refractivity contribution in [3.05, 3.63) is 137 Å². The molecule has 36 heavy (non-hydrogen) atoms. The lowest BCUT2D eigenvalue weighted by molar-refractivity contribution is 1.20. The highest BCUT2D eigenvalue weighted by molar-refractivity contribution is 8.01. The van der Waals surface area contributed by atoms with E-state index in [1.54, 1.807) is 11.8 Å². The summed E-state index contributed by atoms with van der Waals surface area (Å²) < 4.78 is 0. The van der Waals surface area contributed by atoms with Crippen LogP contribution in [-0.4, -0.2) is 0 Å². The molecule has 0 N–H and O–H groups in total. The number of rotatable bonds is 5. The lowest BCUT2D eigenvalue weighted by Gasteiger charge is -2.13. The molecule has 6 aromatic carbocycles. The maximum absolute atomic E-state index is 6.61. The van der Waals surface area contributed by atoms with Crippen LogP contribution in [0.25, 0.3) is 21.5 Å². The van der Waals surface area contributed by atoms with Gasteiger partial charge in [0.15, 0.2) is 14.7 Å². The van der Waals surface area contributed by atoms with Gasteiger partial charge in [-0.3, -0.25) is 0 Å². The Morgan fingerprint density at radius 3 is 1.78 bits per heavy atom. The molecule has 6 rings (SSSR count). The van der Waals surface area contributed by atoms with E-state index in [1.807, 2.05) is 18.2 Å². The van der Waals surface area contributed by atoms with Crippen molar-refractivity contribution < 1.29 is 0 Å². The molecule has 1 atom stereocenters. The van der Waals surface area contributed by atoms with Gasteiger partial charge in [-0.05, 0) is 82.2 Å². The summed E-state index contributed by atoms with van der Waals surface area (Å²) in [6, 6.07) is 44.8. The Morgan fingerprint density at radius 1 is 0.472 bits per heavy atom. The summed E-state index contributed by atoms with van der Waals surface area (Å²) in [5.41, 5.74) is 0. The fraction of sp³-hybridized carbons (Fsp3) is 0. The number of benzene rings is 6. The van der Waals surface area contributed by atoms with Crippen molar-refractivity contribution in [1.29, 1.82) is 0 Å². The van der Waals surface area contributed by atoms with E-state index in [0.717, 1.165) is 10.0 Å². The Labute approximate surface area is 228 Å². The van der Waals surface area contributed by atoms with E-state index in [2.05, 4.69) is 109 Å². The second kappa shape index (κ2) is 10.2. The van der Waals surface area contributed by atoms with Crippen LogP contribution in [0.2, 0.25) is 10.0 Å². The first-order valence-electron chi connectivity index (χ1n) is 11.6. The molecular weight excluding hydrogens is 519 g/mol. The minimum Gasteiger partial charge on any atom is -0.0848 e. The number of hydrogen-bond donors (Lipinski definition) is 0. The smallest absolute Gasteiger partial charge is 0.0848 e.